The third-order valence-electron chi connectivity index (χ3n) is 2.94. The first-order valence-electron chi connectivity index (χ1n) is 3.71. The van der Waals surface area contributed by atoms with Crippen molar-refractivity contribution in [3.05, 3.63) is 0 Å². The van der Waals surface area contributed by atoms with Gasteiger partial charge in [-0.15, -0.1) is 0 Å². The molecule has 2 saturated heterocycles. The Bertz CT molecular complexity index is 116. The highest BCUT2D eigenvalue weighted by molar-refractivity contribution is 5.09. The molecule has 0 aromatic heterocycles. The first-order chi connectivity index (χ1) is 3.95. The molecule has 4 atom stereocenters. The van der Waals surface area contributed by atoms with E-state index < -0.39 is 0 Å². The Morgan fingerprint density at radius 3 is 3.12 bits per heavy atom. The molecule has 2 heterocycles. The third-order valence-corrected chi connectivity index (χ3v) is 2.94. The van der Waals surface area contributed by atoms with Gasteiger partial charge >= 0.3 is 0 Å². The van der Waals surface area contributed by atoms with Crippen LogP contribution in [0.3, 0.4) is 0 Å². The van der Waals surface area contributed by atoms with E-state index in [1.54, 1.807) is 6.42 Å². The van der Waals surface area contributed by atoms with Crippen LogP contribution < -0.4 is 0 Å². The van der Waals surface area contributed by atoms with Gasteiger partial charge in [-0.25, -0.2) is 0 Å². The van der Waals surface area contributed by atoms with Crippen LogP contribution in [-0.2, 0) is 0 Å². The van der Waals surface area contributed by atoms with Gasteiger partial charge in [-0.05, 0) is 25.2 Å². The molecule has 0 N–H and O–H groups in total. The molecule has 0 radical (unpaired) electrons. The minimum Gasteiger partial charge on any atom is -0.294 e. The van der Waals surface area contributed by atoms with Crippen LogP contribution in [0.2, 0.25) is 0 Å². The van der Waals surface area contributed by atoms with E-state index in [1.165, 1.54) is 19.4 Å². The first-order valence-corrected chi connectivity index (χ1v) is 3.71. The Hall–Kier alpha value is -0.0400. The van der Waals surface area contributed by atoms with Gasteiger partial charge in [0.2, 0.25) is 0 Å². The number of rotatable bonds is 0. The van der Waals surface area contributed by atoms with Crippen LogP contribution >= 0.6 is 0 Å². The van der Waals surface area contributed by atoms with E-state index in [9.17, 15) is 0 Å². The molecule has 0 amide bonds. The summed E-state index contributed by atoms with van der Waals surface area (Å²) in [5, 5.41) is 0. The minimum absolute atomic E-state index is 1.05. The topological polar surface area (TPSA) is 3.01 Å². The zero-order valence-electron chi connectivity index (χ0n) is 5.01. The van der Waals surface area contributed by atoms with Crippen molar-refractivity contribution >= 4 is 0 Å². The second kappa shape index (κ2) is 0.971. The summed E-state index contributed by atoms with van der Waals surface area (Å²) in [5.41, 5.74) is 0. The Labute approximate surface area is 49.7 Å². The molecule has 1 saturated carbocycles. The molecule has 0 aromatic carbocycles. The molecule has 1 heteroatoms. The van der Waals surface area contributed by atoms with Crippen molar-refractivity contribution in [2.24, 2.45) is 5.92 Å². The Kier molecular flexibility index (Phi) is 0.472. The number of hydrogen-bond donors (Lipinski definition) is 0. The fourth-order valence-electron chi connectivity index (χ4n) is 2.21. The van der Waals surface area contributed by atoms with Gasteiger partial charge in [0.1, 0.15) is 0 Å². The lowest BCUT2D eigenvalue weighted by Crippen LogP contribution is -2.11. The second-order valence-corrected chi connectivity index (χ2v) is 3.49. The highest BCUT2D eigenvalue weighted by Gasteiger charge is 2.54. The van der Waals surface area contributed by atoms with Gasteiger partial charge in [-0.1, -0.05) is 0 Å². The highest BCUT2D eigenvalue weighted by Crippen LogP contribution is 2.50. The van der Waals surface area contributed by atoms with E-state index in [0.717, 1.165) is 18.0 Å². The largest absolute Gasteiger partial charge is 0.294 e. The fourth-order valence-corrected chi connectivity index (χ4v) is 2.21. The quantitative estimate of drug-likeness (QED) is 0.417. The van der Waals surface area contributed by atoms with Gasteiger partial charge in [0.15, 0.2) is 0 Å². The van der Waals surface area contributed by atoms with Gasteiger partial charge < -0.3 is 0 Å². The SMILES string of the molecule is C1CC2CN2C2CC12. The van der Waals surface area contributed by atoms with Gasteiger partial charge in [0, 0.05) is 18.6 Å². The van der Waals surface area contributed by atoms with Crippen molar-refractivity contribution in [2.45, 2.75) is 31.3 Å². The minimum atomic E-state index is 1.05. The third kappa shape index (κ3) is 0.334. The van der Waals surface area contributed by atoms with Crippen molar-refractivity contribution in [1.29, 1.82) is 0 Å². The molecule has 1 nitrogen and oxygen atoms in total. The predicted molar refractivity (Wildman–Crippen MR) is 31.6 cm³/mol. The zero-order chi connectivity index (χ0) is 5.14. The molecule has 0 spiro atoms. The van der Waals surface area contributed by atoms with Gasteiger partial charge in [-0.2, -0.15) is 0 Å². The van der Waals surface area contributed by atoms with Crippen molar-refractivity contribution in [1.82, 2.24) is 4.90 Å². The Morgan fingerprint density at radius 2 is 2.25 bits per heavy atom. The Morgan fingerprint density at radius 1 is 1.25 bits per heavy atom. The average molecular weight is 109 g/mol. The standard InChI is InChI=1S/C7H11N/c1-2-6-4-8(6)7-3-5(1)7/h5-7H,1-4H2. The van der Waals surface area contributed by atoms with Gasteiger partial charge in [0.25, 0.3) is 0 Å². The molecule has 3 aliphatic rings. The predicted octanol–water partition coefficient (Wildman–Crippen LogP) is 0.853. The van der Waals surface area contributed by atoms with Crippen LogP contribution in [0.1, 0.15) is 19.3 Å². The van der Waals surface area contributed by atoms with Gasteiger partial charge in [0.05, 0.1) is 0 Å². The van der Waals surface area contributed by atoms with E-state index >= 15 is 0 Å². The van der Waals surface area contributed by atoms with Crippen molar-refractivity contribution < 1.29 is 0 Å². The maximum atomic E-state index is 2.67. The smallest absolute Gasteiger partial charge is 0.0227 e. The maximum absolute atomic E-state index is 2.67. The molecule has 8 heavy (non-hydrogen) atoms. The molecular weight excluding hydrogens is 98.1 g/mol. The summed E-state index contributed by atoms with van der Waals surface area (Å²) in [4.78, 5) is 2.67. The number of fused-ring (bicyclic) bond motifs is 3. The van der Waals surface area contributed by atoms with E-state index in [1.807, 2.05) is 0 Å². The van der Waals surface area contributed by atoms with Crippen LogP contribution in [-0.4, -0.2) is 23.5 Å². The average Bonchev–Trinajstić information content (AvgIpc) is 2.59. The maximum Gasteiger partial charge on any atom is 0.0227 e. The molecule has 0 bridgehead atoms. The number of hydrogen-bond acceptors (Lipinski definition) is 1. The van der Waals surface area contributed by atoms with Crippen LogP contribution in [0, 0.1) is 5.92 Å². The van der Waals surface area contributed by atoms with E-state index in [0.29, 0.717) is 0 Å². The van der Waals surface area contributed by atoms with Crippen LogP contribution in [0.25, 0.3) is 0 Å². The second-order valence-electron chi connectivity index (χ2n) is 3.49. The summed E-state index contributed by atoms with van der Waals surface area (Å²) in [7, 11) is 0. The lowest BCUT2D eigenvalue weighted by atomic mass is 10.1. The summed E-state index contributed by atoms with van der Waals surface area (Å²) >= 11 is 0. The van der Waals surface area contributed by atoms with Crippen LogP contribution in [0.5, 0.6) is 0 Å². The Balaban J connectivity index is 1.89. The fraction of sp³-hybridized carbons (Fsp3) is 1.00. The summed E-state index contributed by atoms with van der Waals surface area (Å²) in [6, 6.07) is 2.13. The zero-order valence-corrected chi connectivity index (χ0v) is 5.01. The summed E-state index contributed by atoms with van der Waals surface area (Å²) < 4.78 is 0. The molecule has 3 fully saturated rings. The highest BCUT2D eigenvalue weighted by atomic mass is 15.4. The molecular formula is C7H11N. The van der Waals surface area contributed by atoms with Crippen molar-refractivity contribution in [3.63, 3.8) is 0 Å². The van der Waals surface area contributed by atoms with E-state index in [2.05, 4.69) is 4.90 Å². The first kappa shape index (κ1) is 3.89. The molecule has 2 aliphatic heterocycles. The molecule has 44 valence electrons. The number of nitrogens with zero attached hydrogens (tertiary/aromatic N) is 1. The lowest BCUT2D eigenvalue weighted by molar-refractivity contribution is 0.395. The van der Waals surface area contributed by atoms with E-state index in [4.69, 9.17) is 0 Å². The van der Waals surface area contributed by atoms with E-state index in [-0.39, 0.29) is 0 Å². The monoisotopic (exact) mass is 109 g/mol. The summed E-state index contributed by atoms with van der Waals surface area (Å²) in [5.74, 6) is 1.15. The summed E-state index contributed by atoms with van der Waals surface area (Å²) in [6.45, 7) is 1.45. The lowest BCUT2D eigenvalue weighted by Gasteiger charge is -2.07. The molecule has 1 aliphatic carbocycles. The van der Waals surface area contributed by atoms with Crippen LogP contribution in [0.4, 0.5) is 0 Å². The van der Waals surface area contributed by atoms with Crippen molar-refractivity contribution in [3.8, 4) is 0 Å². The number of piperidine rings is 1. The molecule has 4 unspecified atom stereocenters. The van der Waals surface area contributed by atoms with Gasteiger partial charge in [-0.3, -0.25) is 4.90 Å². The summed E-state index contributed by atoms with van der Waals surface area (Å²) in [6.07, 6.45) is 4.60. The molecule has 3 rings (SSSR count). The normalized spacial score (nSPS) is 66.0. The van der Waals surface area contributed by atoms with Crippen LogP contribution in [0.15, 0.2) is 0 Å². The van der Waals surface area contributed by atoms with Crippen molar-refractivity contribution in [2.75, 3.05) is 6.54 Å². The molecule has 0 aromatic rings.